The number of anilines is 2. The first-order chi connectivity index (χ1) is 8.00. The van der Waals surface area contributed by atoms with E-state index in [1.165, 1.54) is 0 Å². The highest BCUT2D eigenvalue weighted by atomic mass is 16.5. The summed E-state index contributed by atoms with van der Waals surface area (Å²) in [5, 5.41) is 10.1. The van der Waals surface area contributed by atoms with Gasteiger partial charge in [0.25, 0.3) is 0 Å². The van der Waals surface area contributed by atoms with Crippen LogP contribution in [-0.4, -0.2) is 30.9 Å². The Morgan fingerprint density at radius 3 is 2.82 bits per heavy atom. The van der Waals surface area contributed by atoms with Crippen LogP contribution in [0, 0.1) is 0 Å². The van der Waals surface area contributed by atoms with Gasteiger partial charge < -0.3 is 20.5 Å². The lowest BCUT2D eigenvalue weighted by Gasteiger charge is -2.38. The van der Waals surface area contributed by atoms with Crippen LogP contribution in [0.3, 0.4) is 0 Å². The van der Waals surface area contributed by atoms with Gasteiger partial charge in [-0.3, -0.25) is 0 Å². The Bertz CT molecular complexity index is 404. The van der Waals surface area contributed by atoms with Gasteiger partial charge in [-0.05, 0) is 25.8 Å². The number of aliphatic hydroxyl groups is 1. The number of nitrogens with zero attached hydrogens (tertiary/aromatic N) is 1. The number of rotatable bonds is 2. The Balaban J connectivity index is 2.24. The SMILES string of the molecule is COc1cc(N)cc(N2CCCC(C)(O)C2)c1. The lowest BCUT2D eigenvalue weighted by Crippen LogP contribution is -2.46. The van der Waals surface area contributed by atoms with Crippen LogP contribution < -0.4 is 15.4 Å². The molecular weight excluding hydrogens is 216 g/mol. The van der Waals surface area contributed by atoms with Crippen LogP contribution in [-0.2, 0) is 0 Å². The van der Waals surface area contributed by atoms with Crippen LogP contribution >= 0.6 is 0 Å². The van der Waals surface area contributed by atoms with Crippen molar-refractivity contribution in [3.63, 3.8) is 0 Å². The van der Waals surface area contributed by atoms with Crippen molar-refractivity contribution in [3.05, 3.63) is 18.2 Å². The zero-order valence-corrected chi connectivity index (χ0v) is 10.4. The second-order valence-corrected chi connectivity index (χ2v) is 4.99. The molecule has 0 bridgehead atoms. The summed E-state index contributed by atoms with van der Waals surface area (Å²) in [5.41, 5.74) is 6.93. The number of methoxy groups -OCH3 is 1. The van der Waals surface area contributed by atoms with Crippen LogP contribution in [0.15, 0.2) is 18.2 Å². The molecule has 1 aliphatic rings. The number of hydrogen-bond acceptors (Lipinski definition) is 4. The first-order valence-electron chi connectivity index (χ1n) is 5.92. The van der Waals surface area contributed by atoms with Crippen LogP contribution in [0.25, 0.3) is 0 Å². The van der Waals surface area contributed by atoms with E-state index in [1.54, 1.807) is 13.2 Å². The quantitative estimate of drug-likeness (QED) is 0.766. The van der Waals surface area contributed by atoms with Crippen molar-refractivity contribution < 1.29 is 9.84 Å². The van der Waals surface area contributed by atoms with Gasteiger partial charge in [0.05, 0.1) is 12.7 Å². The van der Waals surface area contributed by atoms with Gasteiger partial charge >= 0.3 is 0 Å². The lowest BCUT2D eigenvalue weighted by molar-refractivity contribution is 0.0449. The monoisotopic (exact) mass is 236 g/mol. The summed E-state index contributed by atoms with van der Waals surface area (Å²) in [6.07, 6.45) is 1.84. The molecule has 1 heterocycles. The van der Waals surface area contributed by atoms with E-state index in [-0.39, 0.29) is 0 Å². The van der Waals surface area contributed by atoms with Crippen molar-refractivity contribution in [3.8, 4) is 5.75 Å². The van der Waals surface area contributed by atoms with Gasteiger partial charge in [-0.2, -0.15) is 0 Å². The summed E-state index contributed by atoms with van der Waals surface area (Å²) >= 11 is 0. The van der Waals surface area contributed by atoms with Crippen molar-refractivity contribution in [2.24, 2.45) is 0 Å². The molecule has 1 aliphatic heterocycles. The minimum atomic E-state index is -0.615. The van der Waals surface area contributed by atoms with E-state index >= 15 is 0 Å². The van der Waals surface area contributed by atoms with Crippen molar-refractivity contribution in [2.45, 2.75) is 25.4 Å². The van der Waals surface area contributed by atoms with Gasteiger partial charge in [-0.15, -0.1) is 0 Å². The minimum Gasteiger partial charge on any atom is -0.497 e. The fraction of sp³-hybridized carbons (Fsp3) is 0.538. The van der Waals surface area contributed by atoms with E-state index in [1.807, 2.05) is 19.1 Å². The molecule has 1 aromatic carbocycles. The number of hydrogen-bond donors (Lipinski definition) is 2. The average molecular weight is 236 g/mol. The predicted molar refractivity (Wildman–Crippen MR) is 69.5 cm³/mol. The molecule has 0 aliphatic carbocycles. The Morgan fingerprint density at radius 1 is 1.41 bits per heavy atom. The highest BCUT2D eigenvalue weighted by Gasteiger charge is 2.28. The third-order valence-corrected chi connectivity index (χ3v) is 3.19. The van der Waals surface area contributed by atoms with Gasteiger partial charge in [-0.25, -0.2) is 0 Å². The molecule has 0 spiro atoms. The van der Waals surface area contributed by atoms with Gasteiger partial charge in [-0.1, -0.05) is 0 Å². The highest BCUT2D eigenvalue weighted by molar-refractivity contribution is 5.61. The molecule has 1 aromatic rings. The molecule has 1 atom stereocenters. The largest absolute Gasteiger partial charge is 0.497 e. The summed E-state index contributed by atoms with van der Waals surface area (Å²) in [7, 11) is 1.63. The highest BCUT2D eigenvalue weighted by Crippen LogP contribution is 2.30. The van der Waals surface area contributed by atoms with Gasteiger partial charge in [0, 0.05) is 36.6 Å². The van der Waals surface area contributed by atoms with Crippen LogP contribution in [0.2, 0.25) is 0 Å². The van der Waals surface area contributed by atoms with Crippen molar-refractivity contribution in [1.82, 2.24) is 0 Å². The first kappa shape index (κ1) is 12.0. The smallest absolute Gasteiger partial charge is 0.122 e. The molecule has 1 saturated heterocycles. The molecule has 1 unspecified atom stereocenters. The van der Waals surface area contributed by atoms with Crippen LogP contribution in [0.5, 0.6) is 5.75 Å². The molecule has 0 aromatic heterocycles. The topological polar surface area (TPSA) is 58.7 Å². The Hall–Kier alpha value is -1.42. The lowest BCUT2D eigenvalue weighted by atomic mass is 9.95. The van der Waals surface area contributed by atoms with E-state index < -0.39 is 5.60 Å². The molecule has 2 rings (SSSR count). The first-order valence-corrected chi connectivity index (χ1v) is 5.92. The third-order valence-electron chi connectivity index (χ3n) is 3.19. The maximum Gasteiger partial charge on any atom is 0.122 e. The van der Waals surface area contributed by atoms with Crippen molar-refractivity contribution >= 4 is 11.4 Å². The summed E-state index contributed by atoms with van der Waals surface area (Å²) in [6, 6.07) is 5.67. The number of ether oxygens (including phenoxy) is 1. The van der Waals surface area contributed by atoms with E-state index in [0.717, 1.165) is 30.8 Å². The van der Waals surface area contributed by atoms with E-state index in [2.05, 4.69) is 4.90 Å². The molecule has 1 fully saturated rings. The second kappa shape index (κ2) is 4.45. The predicted octanol–water partition coefficient (Wildman–Crippen LogP) is 1.63. The Labute approximate surface area is 102 Å². The van der Waals surface area contributed by atoms with E-state index in [9.17, 15) is 5.11 Å². The summed E-state index contributed by atoms with van der Waals surface area (Å²) in [6.45, 7) is 3.46. The normalized spacial score (nSPS) is 24.8. The van der Waals surface area contributed by atoms with Crippen LogP contribution in [0.4, 0.5) is 11.4 Å². The molecule has 0 saturated carbocycles. The third kappa shape index (κ3) is 2.82. The Morgan fingerprint density at radius 2 is 2.18 bits per heavy atom. The standard InChI is InChI=1S/C13H20N2O2/c1-13(16)4-3-5-15(9-13)11-6-10(14)7-12(8-11)17-2/h6-8,16H,3-5,9,14H2,1-2H3. The van der Waals surface area contributed by atoms with E-state index in [4.69, 9.17) is 10.5 Å². The van der Waals surface area contributed by atoms with E-state index in [0.29, 0.717) is 12.2 Å². The summed E-state index contributed by atoms with van der Waals surface area (Å²) < 4.78 is 5.21. The number of nitrogens with two attached hydrogens (primary N) is 1. The van der Waals surface area contributed by atoms with Crippen molar-refractivity contribution in [2.75, 3.05) is 30.8 Å². The molecule has 4 nitrogen and oxygen atoms in total. The van der Waals surface area contributed by atoms with Gasteiger partial charge in [0.15, 0.2) is 0 Å². The molecular formula is C13H20N2O2. The molecule has 4 heteroatoms. The maximum absolute atomic E-state index is 10.1. The molecule has 17 heavy (non-hydrogen) atoms. The average Bonchev–Trinajstić information content (AvgIpc) is 2.27. The zero-order valence-electron chi connectivity index (χ0n) is 10.4. The molecule has 94 valence electrons. The molecule has 0 amide bonds. The Kier molecular flexibility index (Phi) is 3.15. The fourth-order valence-corrected chi connectivity index (χ4v) is 2.35. The van der Waals surface area contributed by atoms with Gasteiger partial charge in [0.2, 0.25) is 0 Å². The number of β-amino-alcohol motifs (C(OH)–C–C–N with tert-alkyl or cyclic N) is 1. The maximum atomic E-state index is 10.1. The summed E-state index contributed by atoms with van der Waals surface area (Å²) in [5.74, 6) is 0.755. The number of nitrogen functional groups attached to an aromatic ring is 1. The van der Waals surface area contributed by atoms with Crippen molar-refractivity contribution in [1.29, 1.82) is 0 Å². The number of piperidine rings is 1. The molecule has 3 N–H and O–H groups in total. The minimum absolute atomic E-state index is 0.615. The zero-order chi connectivity index (χ0) is 12.5. The fourth-order valence-electron chi connectivity index (χ4n) is 2.35. The van der Waals surface area contributed by atoms with Crippen LogP contribution in [0.1, 0.15) is 19.8 Å². The van der Waals surface area contributed by atoms with Gasteiger partial charge in [0.1, 0.15) is 5.75 Å². The summed E-state index contributed by atoms with van der Waals surface area (Å²) in [4.78, 5) is 2.16. The second-order valence-electron chi connectivity index (χ2n) is 4.99. The molecule has 0 radical (unpaired) electrons. The number of benzene rings is 1.